The van der Waals surface area contributed by atoms with E-state index >= 15 is 0 Å². The topological polar surface area (TPSA) is 103 Å². The van der Waals surface area contributed by atoms with E-state index in [0.717, 1.165) is 12.2 Å². The van der Waals surface area contributed by atoms with E-state index in [4.69, 9.17) is 0 Å². The molecule has 9 heteroatoms. The Morgan fingerprint density at radius 1 is 1.52 bits per heavy atom. The summed E-state index contributed by atoms with van der Waals surface area (Å²) in [5.74, 6) is 1.44. The summed E-state index contributed by atoms with van der Waals surface area (Å²) in [7, 11) is 0. The number of aryl methyl sites for hydroxylation is 1. The van der Waals surface area contributed by atoms with Crippen LogP contribution in [0.25, 0.3) is 0 Å². The van der Waals surface area contributed by atoms with Gasteiger partial charge in [-0.1, -0.05) is 11.8 Å². The number of likely N-dealkylation sites (tertiary alicyclic amines) is 1. The zero-order valence-corrected chi connectivity index (χ0v) is 13.0. The van der Waals surface area contributed by atoms with Crippen LogP contribution in [-0.4, -0.2) is 63.4 Å². The highest BCUT2D eigenvalue weighted by Gasteiger charge is 2.26. The number of H-pyrrole nitrogens is 1. The van der Waals surface area contributed by atoms with E-state index in [0.29, 0.717) is 30.5 Å². The normalized spacial score (nSPS) is 17.8. The SMILES string of the molecule is CC(=O)N[C@@H]1CCN(C(=O)NCCSc2n[nH]c(C)n2)C1. The van der Waals surface area contributed by atoms with Gasteiger partial charge in [0.15, 0.2) is 0 Å². The lowest BCUT2D eigenvalue weighted by molar-refractivity contribution is -0.119. The molecular weight excluding hydrogens is 292 g/mol. The summed E-state index contributed by atoms with van der Waals surface area (Å²) in [5, 5.41) is 13.2. The molecule has 21 heavy (non-hydrogen) atoms. The largest absolute Gasteiger partial charge is 0.352 e. The van der Waals surface area contributed by atoms with Crippen LogP contribution in [0.3, 0.4) is 0 Å². The van der Waals surface area contributed by atoms with Crippen LogP contribution in [-0.2, 0) is 4.79 Å². The number of nitrogens with zero attached hydrogens (tertiary/aromatic N) is 3. The van der Waals surface area contributed by atoms with Crippen LogP contribution in [0.4, 0.5) is 4.79 Å². The monoisotopic (exact) mass is 312 g/mol. The summed E-state index contributed by atoms with van der Waals surface area (Å²) in [6.07, 6.45) is 0.804. The molecule has 1 aromatic heterocycles. The first-order chi connectivity index (χ1) is 10.0. The molecule has 1 atom stereocenters. The van der Waals surface area contributed by atoms with E-state index in [1.54, 1.807) is 4.90 Å². The van der Waals surface area contributed by atoms with Crippen LogP contribution in [0, 0.1) is 6.92 Å². The summed E-state index contributed by atoms with van der Waals surface area (Å²) < 4.78 is 0. The number of amides is 3. The van der Waals surface area contributed by atoms with Crippen molar-refractivity contribution in [3.8, 4) is 0 Å². The smallest absolute Gasteiger partial charge is 0.317 e. The Morgan fingerprint density at radius 2 is 2.33 bits per heavy atom. The molecular formula is C12H20N6O2S. The molecule has 3 amide bonds. The molecule has 8 nitrogen and oxygen atoms in total. The van der Waals surface area contributed by atoms with Gasteiger partial charge < -0.3 is 15.5 Å². The third-order valence-electron chi connectivity index (χ3n) is 3.07. The van der Waals surface area contributed by atoms with Gasteiger partial charge in [0.2, 0.25) is 11.1 Å². The Morgan fingerprint density at radius 3 is 3.00 bits per heavy atom. The summed E-state index contributed by atoms with van der Waals surface area (Å²) in [4.78, 5) is 28.8. The number of hydrogen-bond acceptors (Lipinski definition) is 5. The standard InChI is InChI=1S/C12H20N6O2S/c1-8-14-11(17-16-8)21-6-4-13-12(20)18-5-3-10(7-18)15-9(2)19/h10H,3-7H2,1-2H3,(H,13,20)(H,15,19)(H,14,16,17)/t10-/m1/s1. The molecule has 0 unspecified atom stereocenters. The molecule has 0 spiro atoms. The first-order valence-electron chi connectivity index (χ1n) is 6.86. The van der Waals surface area contributed by atoms with Gasteiger partial charge in [-0.25, -0.2) is 9.78 Å². The molecule has 0 bridgehead atoms. The number of aromatic nitrogens is 3. The van der Waals surface area contributed by atoms with Gasteiger partial charge in [-0.3, -0.25) is 9.89 Å². The Bertz CT molecular complexity index is 506. The van der Waals surface area contributed by atoms with E-state index < -0.39 is 0 Å². The number of urea groups is 1. The van der Waals surface area contributed by atoms with Crippen molar-refractivity contribution < 1.29 is 9.59 Å². The fraction of sp³-hybridized carbons (Fsp3) is 0.667. The van der Waals surface area contributed by atoms with E-state index in [1.165, 1.54) is 18.7 Å². The molecule has 1 saturated heterocycles. The molecule has 116 valence electrons. The maximum atomic E-state index is 11.9. The Kier molecular flexibility index (Phi) is 5.43. The van der Waals surface area contributed by atoms with Gasteiger partial charge >= 0.3 is 6.03 Å². The number of aromatic amines is 1. The van der Waals surface area contributed by atoms with Gasteiger partial charge in [0, 0.05) is 38.4 Å². The molecule has 0 radical (unpaired) electrons. The zero-order valence-electron chi connectivity index (χ0n) is 12.2. The molecule has 1 fully saturated rings. The Balaban J connectivity index is 1.62. The molecule has 0 aromatic carbocycles. The van der Waals surface area contributed by atoms with Gasteiger partial charge in [0.1, 0.15) is 5.82 Å². The van der Waals surface area contributed by atoms with Crippen LogP contribution in [0.2, 0.25) is 0 Å². The van der Waals surface area contributed by atoms with Gasteiger partial charge in [0.25, 0.3) is 0 Å². The highest BCUT2D eigenvalue weighted by molar-refractivity contribution is 7.99. The van der Waals surface area contributed by atoms with Gasteiger partial charge in [-0.05, 0) is 13.3 Å². The maximum absolute atomic E-state index is 11.9. The fourth-order valence-corrected chi connectivity index (χ4v) is 2.85. The molecule has 0 saturated carbocycles. The van der Waals surface area contributed by atoms with E-state index in [1.807, 2.05) is 6.92 Å². The van der Waals surface area contributed by atoms with E-state index in [9.17, 15) is 9.59 Å². The number of hydrogen-bond donors (Lipinski definition) is 3. The summed E-state index contributed by atoms with van der Waals surface area (Å²) in [6, 6.07) is -0.0199. The average Bonchev–Trinajstić information content (AvgIpc) is 3.03. The molecule has 3 N–H and O–H groups in total. The predicted octanol–water partition coefficient (Wildman–Crippen LogP) is 0.125. The second-order valence-corrected chi connectivity index (χ2v) is 5.98. The quantitative estimate of drug-likeness (QED) is 0.529. The molecule has 1 aliphatic rings. The second-order valence-electron chi connectivity index (χ2n) is 4.92. The lowest BCUT2D eigenvalue weighted by Crippen LogP contribution is -2.42. The molecule has 1 aromatic rings. The minimum absolute atomic E-state index is 0.0551. The number of carbonyl (C=O) groups is 2. The van der Waals surface area contributed by atoms with Crippen molar-refractivity contribution in [2.75, 3.05) is 25.4 Å². The first kappa shape index (κ1) is 15.6. The number of nitrogens with one attached hydrogen (secondary N) is 3. The highest BCUT2D eigenvalue weighted by atomic mass is 32.2. The van der Waals surface area contributed by atoms with E-state index in [2.05, 4.69) is 25.8 Å². The van der Waals surface area contributed by atoms with Crippen molar-refractivity contribution in [3.05, 3.63) is 5.82 Å². The molecule has 2 rings (SSSR count). The average molecular weight is 312 g/mol. The summed E-state index contributed by atoms with van der Waals surface area (Å²) >= 11 is 1.49. The van der Waals surface area contributed by atoms with Crippen molar-refractivity contribution in [1.82, 2.24) is 30.7 Å². The minimum Gasteiger partial charge on any atom is -0.352 e. The van der Waals surface area contributed by atoms with Crippen LogP contribution in [0.1, 0.15) is 19.2 Å². The first-order valence-corrected chi connectivity index (χ1v) is 7.85. The van der Waals surface area contributed by atoms with Crippen molar-refractivity contribution in [2.45, 2.75) is 31.5 Å². The van der Waals surface area contributed by atoms with Crippen LogP contribution >= 0.6 is 11.8 Å². The van der Waals surface area contributed by atoms with Gasteiger partial charge in [-0.15, -0.1) is 5.10 Å². The van der Waals surface area contributed by atoms with Crippen molar-refractivity contribution in [3.63, 3.8) is 0 Å². The van der Waals surface area contributed by atoms with Crippen molar-refractivity contribution >= 4 is 23.7 Å². The summed E-state index contributed by atoms with van der Waals surface area (Å²) in [6.45, 7) is 5.13. The predicted molar refractivity (Wildman–Crippen MR) is 79.0 cm³/mol. The minimum atomic E-state index is -0.0883. The van der Waals surface area contributed by atoms with Crippen LogP contribution < -0.4 is 10.6 Å². The Labute approximate surface area is 127 Å². The molecule has 1 aliphatic heterocycles. The van der Waals surface area contributed by atoms with Crippen LogP contribution in [0.15, 0.2) is 5.16 Å². The number of thioether (sulfide) groups is 1. The molecule has 2 heterocycles. The maximum Gasteiger partial charge on any atom is 0.317 e. The second kappa shape index (κ2) is 7.30. The fourth-order valence-electron chi connectivity index (χ4n) is 2.15. The number of carbonyl (C=O) groups excluding carboxylic acids is 2. The summed E-state index contributed by atoms with van der Waals surface area (Å²) in [5.41, 5.74) is 0. The lowest BCUT2D eigenvalue weighted by atomic mass is 10.3. The zero-order chi connectivity index (χ0) is 15.2. The van der Waals surface area contributed by atoms with Crippen molar-refractivity contribution in [1.29, 1.82) is 0 Å². The third kappa shape index (κ3) is 4.92. The number of rotatable bonds is 5. The van der Waals surface area contributed by atoms with Crippen molar-refractivity contribution in [2.24, 2.45) is 0 Å². The Hall–Kier alpha value is -1.77. The lowest BCUT2D eigenvalue weighted by Gasteiger charge is -2.17. The van der Waals surface area contributed by atoms with Crippen LogP contribution in [0.5, 0.6) is 0 Å². The van der Waals surface area contributed by atoms with Gasteiger partial charge in [-0.2, -0.15) is 0 Å². The molecule has 0 aliphatic carbocycles. The highest BCUT2D eigenvalue weighted by Crippen LogP contribution is 2.11. The third-order valence-corrected chi connectivity index (χ3v) is 3.92. The van der Waals surface area contributed by atoms with E-state index in [-0.39, 0.29) is 18.0 Å². The van der Waals surface area contributed by atoms with Gasteiger partial charge in [0.05, 0.1) is 0 Å².